The number of nitrogens with one attached hydrogen (secondary N) is 2. The molecule has 0 spiro atoms. The van der Waals surface area contributed by atoms with Gasteiger partial charge in [0, 0.05) is 46.5 Å². The van der Waals surface area contributed by atoms with Crippen LogP contribution in [0.25, 0.3) is 10.9 Å². The number of ether oxygens (including phenoxy) is 1. The fraction of sp³-hybridized carbons (Fsp3) is 0.0370. The first-order valence-electron chi connectivity index (χ1n) is 10.8. The Labute approximate surface area is 200 Å². The van der Waals surface area contributed by atoms with Gasteiger partial charge >= 0.3 is 0 Å². The highest BCUT2D eigenvalue weighted by atomic mass is 19.1. The summed E-state index contributed by atoms with van der Waals surface area (Å²) in [6.07, 6.45) is 3.26. The number of benzene rings is 3. The molecule has 5 aromatic rings. The lowest BCUT2D eigenvalue weighted by atomic mass is 10.1. The molecule has 7 nitrogen and oxygen atoms in total. The summed E-state index contributed by atoms with van der Waals surface area (Å²) in [4.78, 5) is 25.5. The fourth-order valence-corrected chi connectivity index (χ4v) is 3.52. The molecule has 172 valence electrons. The van der Waals surface area contributed by atoms with E-state index in [-0.39, 0.29) is 11.7 Å². The molecule has 0 aliphatic heterocycles. The van der Waals surface area contributed by atoms with E-state index in [0.717, 1.165) is 16.6 Å². The number of amides is 1. The summed E-state index contributed by atoms with van der Waals surface area (Å²) in [5, 5.41) is 6.56. The number of halogens is 1. The van der Waals surface area contributed by atoms with Gasteiger partial charge in [0.25, 0.3) is 5.91 Å². The van der Waals surface area contributed by atoms with Crippen LogP contribution in [0.3, 0.4) is 0 Å². The SMILES string of the molecule is Cc1ccnc(Nc2cccc(C(=O)Nc3ccc(Oc4ccnc5ccccc45)c(F)c3)c2)n1. The minimum absolute atomic E-state index is 0.0451. The second-order valence-corrected chi connectivity index (χ2v) is 7.76. The number of aromatic nitrogens is 3. The number of para-hydroxylation sites is 1. The van der Waals surface area contributed by atoms with Crippen LogP contribution < -0.4 is 15.4 Å². The van der Waals surface area contributed by atoms with Gasteiger partial charge in [-0.2, -0.15) is 0 Å². The highest BCUT2D eigenvalue weighted by Crippen LogP contribution is 2.31. The van der Waals surface area contributed by atoms with Crippen molar-refractivity contribution in [3.05, 3.63) is 108 Å². The van der Waals surface area contributed by atoms with Crippen molar-refractivity contribution in [2.24, 2.45) is 0 Å². The molecule has 0 bridgehead atoms. The summed E-state index contributed by atoms with van der Waals surface area (Å²) >= 11 is 0. The van der Waals surface area contributed by atoms with Gasteiger partial charge in [-0.1, -0.05) is 18.2 Å². The van der Waals surface area contributed by atoms with Gasteiger partial charge in [-0.3, -0.25) is 9.78 Å². The average Bonchev–Trinajstić information content (AvgIpc) is 2.86. The van der Waals surface area contributed by atoms with E-state index in [1.54, 1.807) is 54.9 Å². The Bertz CT molecular complexity index is 1530. The zero-order valence-corrected chi connectivity index (χ0v) is 18.7. The number of carbonyl (C=O) groups excluding carboxylic acids is 1. The smallest absolute Gasteiger partial charge is 0.255 e. The zero-order valence-electron chi connectivity index (χ0n) is 18.7. The highest BCUT2D eigenvalue weighted by Gasteiger charge is 2.12. The molecule has 0 unspecified atom stereocenters. The molecule has 0 radical (unpaired) electrons. The van der Waals surface area contributed by atoms with Gasteiger partial charge in [-0.05, 0) is 61.5 Å². The van der Waals surface area contributed by atoms with Crippen molar-refractivity contribution in [3.8, 4) is 11.5 Å². The second-order valence-electron chi connectivity index (χ2n) is 7.76. The molecule has 2 aromatic heterocycles. The van der Waals surface area contributed by atoms with Crippen molar-refractivity contribution in [1.29, 1.82) is 0 Å². The van der Waals surface area contributed by atoms with E-state index >= 15 is 0 Å². The van der Waals surface area contributed by atoms with Gasteiger partial charge in [0.05, 0.1) is 5.52 Å². The van der Waals surface area contributed by atoms with E-state index in [2.05, 4.69) is 25.6 Å². The number of anilines is 3. The molecular weight excluding hydrogens is 445 g/mol. The van der Waals surface area contributed by atoms with Crippen LogP contribution in [-0.4, -0.2) is 20.9 Å². The van der Waals surface area contributed by atoms with E-state index in [4.69, 9.17) is 4.74 Å². The Balaban J connectivity index is 1.30. The third-order valence-electron chi connectivity index (χ3n) is 5.19. The predicted molar refractivity (Wildman–Crippen MR) is 133 cm³/mol. The lowest BCUT2D eigenvalue weighted by molar-refractivity contribution is 0.102. The fourth-order valence-electron chi connectivity index (χ4n) is 3.52. The van der Waals surface area contributed by atoms with Crippen LogP contribution in [0.15, 0.2) is 91.3 Å². The Hall–Kier alpha value is -4.85. The standard InChI is InChI=1S/C27H20FN5O2/c1-17-11-13-30-27(31-17)33-19-6-4-5-18(15-19)26(34)32-20-9-10-25(22(28)16-20)35-24-12-14-29-23-8-3-2-7-21(23)24/h2-16H,1H3,(H,32,34)(H,30,31,33). The van der Waals surface area contributed by atoms with E-state index in [1.165, 1.54) is 12.1 Å². The van der Waals surface area contributed by atoms with Gasteiger partial charge in [0.1, 0.15) is 5.75 Å². The molecule has 2 heterocycles. The van der Waals surface area contributed by atoms with E-state index in [0.29, 0.717) is 28.6 Å². The van der Waals surface area contributed by atoms with E-state index in [9.17, 15) is 9.18 Å². The lowest BCUT2D eigenvalue weighted by Gasteiger charge is -2.11. The van der Waals surface area contributed by atoms with E-state index < -0.39 is 5.82 Å². The minimum Gasteiger partial charge on any atom is -0.454 e. The van der Waals surface area contributed by atoms with Crippen LogP contribution in [0.4, 0.5) is 21.7 Å². The molecule has 5 rings (SSSR count). The van der Waals surface area contributed by atoms with Crippen molar-refractivity contribution in [3.63, 3.8) is 0 Å². The molecule has 0 aliphatic rings. The largest absolute Gasteiger partial charge is 0.454 e. The topological polar surface area (TPSA) is 89.0 Å². The van der Waals surface area contributed by atoms with Crippen LogP contribution >= 0.6 is 0 Å². The third kappa shape index (κ3) is 5.06. The summed E-state index contributed by atoms with van der Waals surface area (Å²) in [5.74, 6) is -0.0122. The Morgan fingerprint density at radius 2 is 1.71 bits per heavy atom. The number of fused-ring (bicyclic) bond motifs is 1. The molecule has 0 fully saturated rings. The number of carbonyl (C=O) groups is 1. The van der Waals surface area contributed by atoms with Gasteiger partial charge in [0.15, 0.2) is 11.6 Å². The third-order valence-corrected chi connectivity index (χ3v) is 5.19. The van der Waals surface area contributed by atoms with Crippen LogP contribution in [0.5, 0.6) is 11.5 Å². The Morgan fingerprint density at radius 3 is 2.57 bits per heavy atom. The second kappa shape index (κ2) is 9.56. The number of hydrogen-bond donors (Lipinski definition) is 2. The maximum Gasteiger partial charge on any atom is 0.255 e. The molecule has 35 heavy (non-hydrogen) atoms. The van der Waals surface area contributed by atoms with Gasteiger partial charge < -0.3 is 15.4 Å². The van der Waals surface area contributed by atoms with Gasteiger partial charge in [-0.15, -0.1) is 0 Å². The highest BCUT2D eigenvalue weighted by molar-refractivity contribution is 6.04. The first kappa shape index (κ1) is 22.0. The monoisotopic (exact) mass is 465 g/mol. The Morgan fingerprint density at radius 1 is 0.857 bits per heavy atom. The molecule has 3 aromatic carbocycles. The quantitative estimate of drug-likeness (QED) is 0.308. The van der Waals surface area contributed by atoms with Crippen LogP contribution in [0.2, 0.25) is 0 Å². The lowest BCUT2D eigenvalue weighted by Crippen LogP contribution is -2.12. The number of rotatable bonds is 6. The number of aryl methyl sites for hydroxylation is 1. The first-order valence-corrected chi connectivity index (χ1v) is 10.8. The van der Waals surface area contributed by atoms with Crippen LogP contribution in [0.1, 0.15) is 16.1 Å². The molecule has 2 N–H and O–H groups in total. The molecule has 0 aliphatic carbocycles. The molecule has 0 atom stereocenters. The van der Waals surface area contributed by atoms with Crippen molar-refractivity contribution in [2.45, 2.75) is 6.92 Å². The molecular formula is C27H20FN5O2. The molecule has 1 amide bonds. The zero-order chi connectivity index (χ0) is 24.2. The predicted octanol–water partition coefficient (Wildman–Crippen LogP) is 6.26. The summed E-state index contributed by atoms with van der Waals surface area (Å²) in [6, 6.07) is 22.1. The summed E-state index contributed by atoms with van der Waals surface area (Å²) in [7, 11) is 0. The number of pyridine rings is 1. The maximum absolute atomic E-state index is 14.8. The summed E-state index contributed by atoms with van der Waals surface area (Å²) < 4.78 is 20.6. The van der Waals surface area contributed by atoms with Crippen molar-refractivity contribution in [2.75, 3.05) is 10.6 Å². The average molecular weight is 465 g/mol. The summed E-state index contributed by atoms with van der Waals surface area (Å²) in [6.45, 7) is 1.87. The number of nitrogens with zero attached hydrogens (tertiary/aromatic N) is 3. The summed E-state index contributed by atoms with van der Waals surface area (Å²) in [5.41, 5.74) is 2.93. The normalized spacial score (nSPS) is 10.7. The van der Waals surface area contributed by atoms with Gasteiger partial charge in [-0.25, -0.2) is 14.4 Å². The van der Waals surface area contributed by atoms with Crippen molar-refractivity contribution >= 4 is 34.1 Å². The van der Waals surface area contributed by atoms with Gasteiger partial charge in [0.2, 0.25) is 5.95 Å². The molecule has 0 saturated carbocycles. The molecule has 0 saturated heterocycles. The number of hydrogen-bond acceptors (Lipinski definition) is 6. The van der Waals surface area contributed by atoms with Crippen molar-refractivity contribution < 1.29 is 13.9 Å². The minimum atomic E-state index is -0.601. The molecule has 8 heteroatoms. The van der Waals surface area contributed by atoms with Crippen molar-refractivity contribution in [1.82, 2.24) is 15.0 Å². The van der Waals surface area contributed by atoms with Crippen LogP contribution in [-0.2, 0) is 0 Å². The van der Waals surface area contributed by atoms with E-state index in [1.807, 2.05) is 31.2 Å². The maximum atomic E-state index is 14.8. The Kier molecular flexibility index (Phi) is 6.00. The van der Waals surface area contributed by atoms with Crippen LogP contribution in [0, 0.1) is 12.7 Å². The first-order chi connectivity index (χ1) is 17.0.